The Balaban J connectivity index is 1.33. The molecule has 3 aromatic carbocycles. The number of hydrogen-bond acceptors (Lipinski definition) is 7. The number of ether oxygens (including phenoxy) is 1. The van der Waals surface area contributed by atoms with E-state index in [4.69, 9.17) is 9.84 Å². The van der Waals surface area contributed by atoms with E-state index in [1.54, 1.807) is 0 Å². The van der Waals surface area contributed by atoms with Crippen molar-refractivity contribution in [2.45, 2.75) is 25.2 Å². The summed E-state index contributed by atoms with van der Waals surface area (Å²) < 4.78 is 9.27. The Hall–Kier alpha value is -4.47. The number of aromatic nitrogens is 5. The highest BCUT2D eigenvalue weighted by atomic mass is 32.2. The topological polar surface area (TPSA) is 74.3 Å². The minimum Gasteiger partial charge on any atom is -0.494 e. The summed E-state index contributed by atoms with van der Waals surface area (Å²) in [6.45, 7) is 4.77. The summed E-state index contributed by atoms with van der Waals surface area (Å²) in [5.74, 6) is 2.40. The lowest BCUT2D eigenvalue weighted by atomic mass is 10.1. The fourth-order valence-corrected chi connectivity index (χ4v) is 6.11. The number of hydrogen-bond donors (Lipinski definition) is 0. The maximum atomic E-state index is 13.4. The molecule has 0 amide bonds. The van der Waals surface area contributed by atoms with Crippen molar-refractivity contribution in [2.75, 3.05) is 12.4 Å². The molecule has 42 heavy (non-hydrogen) atoms. The highest BCUT2D eigenvalue weighted by molar-refractivity contribution is 7.99. The third-order valence-electron chi connectivity index (χ3n) is 6.46. The molecule has 0 fully saturated rings. The normalized spacial score (nSPS) is 12.1. The van der Waals surface area contributed by atoms with Crippen LogP contribution < -0.4 is 14.8 Å². The maximum Gasteiger partial charge on any atom is 0.291 e. The third-order valence-corrected chi connectivity index (χ3v) is 8.64. The first-order chi connectivity index (χ1) is 20.6. The number of nitrogens with zero attached hydrogens (tertiary/aromatic N) is 5. The summed E-state index contributed by atoms with van der Waals surface area (Å²) in [5.41, 5.74) is 4.39. The number of fused-ring (bicyclic) bond motifs is 1. The first-order valence-corrected chi connectivity index (χ1v) is 15.6. The van der Waals surface area contributed by atoms with Crippen LogP contribution in [0.5, 0.6) is 5.75 Å². The van der Waals surface area contributed by atoms with E-state index < -0.39 is 0 Å². The fourth-order valence-electron chi connectivity index (χ4n) is 4.43. The second kappa shape index (κ2) is 12.6. The van der Waals surface area contributed by atoms with Gasteiger partial charge in [-0.05, 0) is 73.2 Å². The summed E-state index contributed by atoms with van der Waals surface area (Å²) in [5, 5.41) is 9.37. The monoisotopic (exact) mass is 591 g/mol. The van der Waals surface area contributed by atoms with Crippen LogP contribution in [0.2, 0.25) is 0 Å². The van der Waals surface area contributed by atoms with Crippen molar-refractivity contribution >= 4 is 46.3 Å². The maximum absolute atomic E-state index is 13.4. The van der Waals surface area contributed by atoms with Gasteiger partial charge in [-0.15, -0.1) is 16.9 Å². The third kappa shape index (κ3) is 6.07. The van der Waals surface area contributed by atoms with Gasteiger partial charge in [0.25, 0.3) is 5.56 Å². The van der Waals surface area contributed by atoms with Crippen LogP contribution in [0.1, 0.15) is 37.2 Å². The van der Waals surface area contributed by atoms with Crippen molar-refractivity contribution in [3.63, 3.8) is 0 Å². The number of thioether (sulfide) groups is 1. The minimum absolute atomic E-state index is 0.201. The lowest BCUT2D eigenvalue weighted by Gasteiger charge is -2.03. The molecule has 0 aliphatic heterocycles. The number of thiazole rings is 1. The molecule has 6 rings (SSSR count). The SMILES string of the molecule is CCCSc1ccc(-c2nn(-c3ccccc3)cc2/C=c2\sc3nc(/C=C/c4ccc(OCC)cc4)nn3c2=O)cc1. The molecule has 0 saturated carbocycles. The lowest BCUT2D eigenvalue weighted by molar-refractivity contribution is 0.340. The van der Waals surface area contributed by atoms with Crippen molar-refractivity contribution in [3.05, 3.63) is 117 Å². The van der Waals surface area contributed by atoms with E-state index in [2.05, 4.69) is 41.3 Å². The van der Waals surface area contributed by atoms with Crippen LogP contribution in [-0.2, 0) is 0 Å². The van der Waals surface area contributed by atoms with Gasteiger partial charge < -0.3 is 4.74 Å². The molecule has 3 heterocycles. The molecule has 3 aromatic heterocycles. The van der Waals surface area contributed by atoms with E-state index in [1.165, 1.54) is 20.7 Å². The summed E-state index contributed by atoms with van der Waals surface area (Å²) >= 11 is 3.16. The van der Waals surface area contributed by atoms with Crippen molar-refractivity contribution < 1.29 is 4.74 Å². The predicted molar refractivity (Wildman–Crippen MR) is 172 cm³/mol. The molecule has 0 unspecified atom stereocenters. The Labute approximate surface area is 251 Å². The molecular weight excluding hydrogens is 563 g/mol. The first kappa shape index (κ1) is 27.7. The highest BCUT2D eigenvalue weighted by Crippen LogP contribution is 2.27. The second-order valence-electron chi connectivity index (χ2n) is 9.50. The van der Waals surface area contributed by atoms with Gasteiger partial charge in [0.1, 0.15) is 5.75 Å². The van der Waals surface area contributed by atoms with E-state index in [9.17, 15) is 4.79 Å². The Kier molecular flexibility index (Phi) is 8.30. The summed E-state index contributed by atoms with van der Waals surface area (Å²) in [6, 6.07) is 26.2. The van der Waals surface area contributed by atoms with Gasteiger partial charge in [0.15, 0.2) is 5.82 Å². The molecule has 0 N–H and O–H groups in total. The van der Waals surface area contributed by atoms with Gasteiger partial charge in [0.05, 0.1) is 22.5 Å². The van der Waals surface area contributed by atoms with E-state index in [0.29, 0.717) is 21.9 Å². The number of rotatable bonds is 10. The van der Waals surface area contributed by atoms with E-state index in [-0.39, 0.29) is 5.56 Å². The Morgan fingerprint density at radius 3 is 2.43 bits per heavy atom. The van der Waals surface area contributed by atoms with Crippen molar-refractivity contribution in [3.8, 4) is 22.7 Å². The first-order valence-electron chi connectivity index (χ1n) is 13.8. The Bertz CT molecular complexity index is 1940. The van der Waals surface area contributed by atoms with Crippen LogP contribution in [-0.4, -0.2) is 36.7 Å². The smallest absolute Gasteiger partial charge is 0.291 e. The van der Waals surface area contributed by atoms with Gasteiger partial charge in [-0.1, -0.05) is 66.8 Å². The zero-order valence-electron chi connectivity index (χ0n) is 23.3. The zero-order chi connectivity index (χ0) is 28.9. The summed E-state index contributed by atoms with van der Waals surface area (Å²) in [7, 11) is 0. The van der Waals surface area contributed by atoms with Crippen molar-refractivity contribution in [2.24, 2.45) is 0 Å². The molecule has 0 spiro atoms. The number of para-hydroxylation sites is 1. The molecule has 6 aromatic rings. The molecular formula is C33H29N5O2S2. The highest BCUT2D eigenvalue weighted by Gasteiger charge is 2.14. The molecule has 7 nitrogen and oxygen atoms in total. The van der Waals surface area contributed by atoms with Crippen LogP contribution in [0.4, 0.5) is 0 Å². The van der Waals surface area contributed by atoms with Gasteiger partial charge >= 0.3 is 0 Å². The van der Waals surface area contributed by atoms with Gasteiger partial charge in [0, 0.05) is 22.2 Å². The largest absolute Gasteiger partial charge is 0.494 e. The molecule has 0 radical (unpaired) electrons. The fraction of sp³-hybridized carbons (Fsp3) is 0.152. The van der Waals surface area contributed by atoms with Crippen LogP contribution >= 0.6 is 23.1 Å². The zero-order valence-corrected chi connectivity index (χ0v) is 24.9. The summed E-state index contributed by atoms with van der Waals surface area (Å²) in [6.07, 6.45) is 8.71. The average Bonchev–Trinajstić information content (AvgIpc) is 3.71. The quantitative estimate of drug-likeness (QED) is 0.167. The summed E-state index contributed by atoms with van der Waals surface area (Å²) in [4.78, 5) is 19.7. The van der Waals surface area contributed by atoms with Gasteiger partial charge in [0.2, 0.25) is 4.96 Å². The van der Waals surface area contributed by atoms with Gasteiger partial charge in [-0.3, -0.25) is 4.79 Å². The average molecular weight is 592 g/mol. The van der Waals surface area contributed by atoms with Crippen LogP contribution in [0.25, 0.3) is 40.1 Å². The molecule has 210 valence electrons. The van der Waals surface area contributed by atoms with Gasteiger partial charge in [-0.2, -0.15) is 14.6 Å². The Morgan fingerprint density at radius 2 is 1.71 bits per heavy atom. The minimum atomic E-state index is -0.201. The van der Waals surface area contributed by atoms with Crippen LogP contribution in [0.15, 0.2) is 94.7 Å². The molecule has 9 heteroatoms. The molecule has 0 saturated heterocycles. The van der Waals surface area contributed by atoms with E-state index in [0.717, 1.165) is 46.0 Å². The lowest BCUT2D eigenvalue weighted by Crippen LogP contribution is -2.23. The van der Waals surface area contributed by atoms with Crippen LogP contribution in [0.3, 0.4) is 0 Å². The Morgan fingerprint density at radius 1 is 0.929 bits per heavy atom. The number of benzene rings is 3. The molecule has 0 aliphatic rings. The molecule has 0 atom stereocenters. The predicted octanol–water partition coefficient (Wildman–Crippen LogP) is 6.62. The van der Waals surface area contributed by atoms with Crippen molar-refractivity contribution in [1.82, 2.24) is 24.4 Å². The van der Waals surface area contributed by atoms with Crippen molar-refractivity contribution in [1.29, 1.82) is 0 Å². The standard InChI is InChI=1S/C33H29N5O2S2/c1-3-20-41-28-17-13-24(14-18-28)31-25(22-37(36-31)26-8-6-5-7-9-26)21-29-32(39)38-33(42-29)34-30(35-38)19-12-23-10-15-27(16-11-23)40-4-2/h5-19,21-22H,3-4,20H2,1-2H3/b19-12+,29-21-. The van der Waals surface area contributed by atoms with Gasteiger partial charge in [-0.25, -0.2) is 4.68 Å². The van der Waals surface area contributed by atoms with E-state index in [1.807, 2.05) is 102 Å². The molecule has 0 aliphatic carbocycles. The van der Waals surface area contributed by atoms with E-state index >= 15 is 0 Å². The van der Waals surface area contributed by atoms with Crippen LogP contribution in [0, 0.1) is 0 Å². The molecule has 0 bridgehead atoms. The second-order valence-corrected chi connectivity index (χ2v) is 11.7.